The summed E-state index contributed by atoms with van der Waals surface area (Å²) in [5.41, 5.74) is 2.32. The average Bonchev–Trinajstić information content (AvgIpc) is 3.18. The zero-order valence-electron chi connectivity index (χ0n) is 14.9. The van der Waals surface area contributed by atoms with Gasteiger partial charge < -0.3 is 14.8 Å². The van der Waals surface area contributed by atoms with Crippen LogP contribution in [-0.4, -0.2) is 46.5 Å². The van der Waals surface area contributed by atoms with Crippen LogP contribution in [0.15, 0.2) is 24.7 Å². The van der Waals surface area contributed by atoms with Crippen LogP contribution in [0.3, 0.4) is 0 Å². The topological polar surface area (TPSA) is 69.2 Å². The molecule has 1 aliphatic heterocycles. The molecule has 8 heteroatoms. The van der Waals surface area contributed by atoms with E-state index in [-0.39, 0.29) is 12.1 Å². The largest absolute Gasteiger partial charge is 0.471 e. The number of ether oxygens (including phenoxy) is 2. The van der Waals surface area contributed by atoms with Gasteiger partial charge in [-0.2, -0.15) is 0 Å². The van der Waals surface area contributed by atoms with Crippen LogP contribution in [0.25, 0.3) is 11.3 Å². The minimum Gasteiger partial charge on any atom is -0.471 e. The molecule has 2 fully saturated rings. The van der Waals surface area contributed by atoms with E-state index in [9.17, 15) is 4.39 Å². The van der Waals surface area contributed by atoms with E-state index in [0.717, 1.165) is 30.5 Å². The maximum atomic E-state index is 13.4. The molecular weight excluding hydrogens is 371 g/mol. The van der Waals surface area contributed by atoms with Gasteiger partial charge in [0.05, 0.1) is 31.3 Å². The molecule has 2 aromatic heterocycles. The van der Waals surface area contributed by atoms with Crippen molar-refractivity contribution in [1.29, 1.82) is 0 Å². The summed E-state index contributed by atoms with van der Waals surface area (Å²) < 4.78 is 24.5. The summed E-state index contributed by atoms with van der Waals surface area (Å²) in [4.78, 5) is 13.0. The number of nitrogens with zero attached hydrogens (tertiary/aromatic N) is 3. The lowest BCUT2D eigenvalue weighted by atomic mass is 9.93. The Labute approximate surface area is 162 Å². The lowest BCUT2D eigenvalue weighted by Gasteiger charge is -2.27. The highest BCUT2D eigenvalue weighted by Crippen LogP contribution is 2.31. The van der Waals surface area contributed by atoms with Gasteiger partial charge in [0, 0.05) is 29.9 Å². The number of nitrogens with one attached hydrogen (secondary N) is 1. The molecule has 0 amide bonds. The summed E-state index contributed by atoms with van der Waals surface area (Å²) in [6, 6.07) is 1.99. The second-order valence-corrected chi connectivity index (χ2v) is 7.38. The van der Waals surface area contributed by atoms with Crippen LogP contribution in [-0.2, 0) is 4.74 Å². The number of halogens is 2. The van der Waals surface area contributed by atoms with Gasteiger partial charge in [0.15, 0.2) is 0 Å². The molecule has 1 saturated heterocycles. The standard InChI is InChI=1S/C19H22ClFN4O2/c20-18-7-16(25-13-3-1-12(21)2-4-13)15(8-23-18)17-9-24-19(10-22-17)27-14-5-6-26-11-14/h7-10,12-14H,1-6,11H2,(H,23,25). The summed E-state index contributed by atoms with van der Waals surface area (Å²) in [5, 5.41) is 3.87. The third kappa shape index (κ3) is 4.65. The number of rotatable bonds is 5. The molecule has 0 radical (unpaired) electrons. The van der Waals surface area contributed by atoms with Crippen LogP contribution in [0.2, 0.25) is 5.15 Å². The predicted octanol–water partition coefficient (Wildman–Crippen LogP) is 4.05. The average molecular weight is 393 g/mol. The first kappa shape index (κ1) is 18.4. The summed E-state index contributed by atoms with van der Waals surface area (Å²) in [7, 11) is 0. The second kappa shape index (κ2) is 8.35. The molecule has 27 heavy (non-hydrogen) atoms. The summed E-state index contributed by atoms with van der Waals surface area (Å²) >= 11 is 6.09. The van der Waals surface area contributed by atoms with Crippen molar-refractivity contribution < 1.29 is 13.9 Å². The molecule has 3 heterocycles. The molecule has 2 aromatic rings. The van der Waals surface area contributed by atoms with Crippen molar-refractivity contribution in [3.63, 3.8) is 0 Å². The molecule has 4 rings (SSSR count). The molecule has 1 unspecified atom stereocenters. The number of hydrogen-bond donors (Lipinski definition) is 1. The van der Waals surface area contributed by atoms with Crippen molar-refractivity contribution in [2.75, 3.05) is 18.5 Å². The van der Waals surface area contributed by atoms with Gasteiger partial charge in [-0.1, -0.05) is 11.6 Å². The van der Waals surface area contributed by atoms with Gasteiger partial charge in [-0.15, -0.1) is 0 Å². The van der Waals surface area contributed by atoms with E-state index in [1.165, 1.54) is 0 Å². The Morgan fingerprint density at radius 3 is 2.63 bits per heavy atom. The summed E-state index contributed by atoms with van der Waals surface area (Å²) in [6.45, 7) is 1.30. The highest BCUT2D eigenvalue weighted by molar-refractivity contribution is 6.29. The first-order valence-electron chi connectivity index (χ1n) is 9.30. The van der Waals surface area contributed by atoms with Crippen molar-refractivity contribution in [2.24, 2.45) is 0 Å². The molecule has 1 saturated carbocycles. The Morgan fingerprint density at radius 1 is 1.07 bits per heavy atom. The van der Waals surface area contributed by atoms with E-state index in [4.69, 9.17) is 21.1 Å². The predicted molar refractivity (Wildman–Crippen MR) is 101 cm³/mol. The van der Waals surface area contributed by atoms with Crippen LogP contribution in [0.5, 0.6) is 5.88 Å². The summed E-state index contributed by atoms with van der Waals surface area (Å²) in [5.74, 6) is 0.479. The molecule has 6 nitrogen and oxygen atoms in total. The van der Waals surface area contributed by atoms with Crippen LogP contribution >= 0.6 is 11.6 Å². The monoisotopic (exact) mass is 392 g/mol. The quantitative estimate of drug-likeness (QED) is 0.774. The maximum Gasteiger partial charge on any atom is 0.232 e. The van der Waals surface area contributed by atoms with Gasteiger partial charge >= 0.3 is 0 Å². The molecule has 1 atom stereocenters. The Bertz CT molecular complexity index is 763. The zero-order chi connectivity index (χ0) is 18.6. The Hall–Kier alpha value is -1.99. The molecule has 1 N–H and O–H groups in total. The summed E-state index contributed by atoms with van der Waals surface area (Å²) in [6.07, 6.45) is 7.92. The van der Waals surface area contributed by atoms with E-state index in [1.54, 1.807) is 24.7 Å². The molecule has 2 aliphatic rings. The third-order valence-corrected chi connectivity index (χ3v) is 5.17. The van der Waals surface area contributed by atoms with Crippen molar-refractivity contribution in [3.8, 4) is 17.1 Å². The van der Waals surface area contributed by atoms with Gasteiger partial charge in [-0.25, -0.2) is 19.3 Å². The molecule has 144 valence electrons. The lowest BCUT2D eigenvalue weighted by molar-refractivity contribution is 0.137. The molecule has 0 bridgehead atoms. The van der Waals surface area contributed by atoms with Crippen molar-refractivity contribution in [2.45, 2.75) is 50.4 Å². The van der Waals surface area contributed by atoms with Gasteiger partial charge in [0.25, 0.3) is 0 Å². The Morgan fingerprint density at radius 2 is 1.93 bits per heavy atom. The minimum atomic E-state index is -0.688. The van der Waals surface area contributed by atoms with Crippen molar-refractivity contribution in [3.05, 3.63) is 29.8 Å². The third-order valence-electron chi connectivity index (χ3n) is 4.97. The normalized spacial score (nSPS) is 25.3. The fourth-order valence-electron chi connectivity index (χ4n) is 3.46. The first-order valence-corrected chi connectivity index (χ1v) is 9.68. The fourth-order valence-corrected chi connectivity index (χ4v) is 3.62. The first-order chi connectivity index (χ1) is 13.2. The Kier molecular flexibility index (Phi) is 5.69. The van der Waals surface area contributed by atoms with E-state index >= 15 is 0 Å². The number of pyridine rings is 1. The highest BCUT2D eigenvalue weighted by atomic mass is 35.5. The van der Waals surface area contributed by atoms with Crippen molar-refractivity contribution in [1.82, 2.24) is 15.0 Å². The van der Waals surface area contributed by atoms with Crippen LogP contribution in [0, 0.1) is 0 Å². The number of aromatic nitrogens is 3. The van der Waals surface area contributed by atoms with E-state index in [2.05, 4.69) is 20.3 Å². The molecular formula is C19H22ClFN4O2. The Balaban J connectivity index is 1.50. The van der Waals surface area contributed by atoms with E-state index in [0.29, 0.717) is 42.8 Å². The fraction of sp³-hybridized carbons (Fsp3) is 0.526. The maximum absolute atomic E-state index is 13.4. The lowest BCUT2D eigenvalue weighted by Crippen LogP contribution is -2.26. The van der Waals surface area contributed by atoms with E-state index in [1.807, 2.05) is 0 Å². The van der Waals surface area contributed by atoms with Crippen molar-refractivity contribution >= 4 is 17.3 Å². The zero-order valence-corrected chi connectivity index (χ0v) is 15.7. The number of alkyl halides is 1. The van der Waals surface area contributed by atoms with Gasteiger partial charge in [-0.05, 0) is 31.7 Å². The minimum absolute atomic E-state index is 0.0326. The molecule has 0 spiro atoms. The van der Waals surface area contributed by atoms with Crippen LogP contribution < -0.4 is 10.1 Å². The van der Waals surface area contributed by atoms with Crippen LogP contribution in [0.4, 0.5) is 10.1 Å². The second-order valence-electron chi connectivity index (χ2n) is 6.99. The van der Waals surface area contributed by atoms with Crippen LogP contribution in [0.1, 0.15) is 32.1 Å². The molecule has 0 aromatic carbocycles. The van der Waals surface area contributed by atoms with Gasteiger partial charge in [0.2, 0.25) is 5.88 Å². The smallest absolute Gasteiger partial charge is 0.232 e. The van der Waals surface area contributed by atoms with E-state index < -0.39 is 6.17 Å². The van der Waals surface area contributed by atoms with Gasteiger partial charge in [0.1, 0.15) is 17.4 Å². The van der Waals surface area contributed by atoms with Gasteiger partial charge in [-0.3, -0.25) is 0 Å². The molecule has 1 aliphatic carbocycles. The number of hydrogen-bond acceptors (Lipinski definition) is 6. The SMILES string of the molecule is FC1CCC(Nc2cc(Cl)ncc2-c2cnc(OC3CCOC3)cn2)CC1. The highest BCUT2D eigenvalue weighted by Gasteiger charge is 2.22. The number of anilines is 1.